The Labute approximate surface area is 99.5 Å². The Hall–Kier alpha value is -1.84. The molecule has 1 aromatic rings. The van der Waals surface area contributed by atoms with E-state index in [4.69, 9.17) is 9.47 Å². The van der Waals surface area contributed by atoms with Gasteiger partial charge in [0.15, 0.2) is 6.10 Å². The van der Waals surface area contributed by atoms with Crippen molar-refractivity contribution >= 4 is 11.9 Å². The lowest BCUT2D eigenvalue weighted by Gasteiger charge is -2.33. The number of carbonyl (C=O) groups is 2. The summed E-state index contributed by atoms with van der Waals surface area (Å²) in [4.78, 5) is 22.4. The smallest absolute Gasteiger partial charge is 0.418 e. The van der Waals surface area contributed by atoms with E-state index in [0.717, 1.165) is 5.56 Å². The molecule has 0 N–H and O–H groups in total. The van der Waals surface area contributed by atoms with Crippen molar-refractivity contribution < 1.29 is 19.1 Å². The summed E-state index contributed by atoms with van der Waals surface area (Å²) in [5.74, 6) is -1.75. The number of esters is 2. The third-order valence-corrected chi connectivity index (χ3v) is 2.73. The third kappa shape index (κ3) is 2.30. The molecule has 90 valence electrons. The molecule has 0 saturated carbocycles. The monoisotopic (exact) mass is 234 g/mol. The molecule has 1 fully saturated rings. The van der Waals surface area contributed by atoms with Gasteiger partial charge in [0.05, 0.1) is 0 Å². The van der Waals surface area contributed by atoms with Gasteiger partial charge in [0, 0.05) is 0 Å². The highest BCUT2D eigenvalue weighted by Gasteiger charge is 2.40. The van der Waals surface area contributed by atoms with Crippen LogP contribution in [-0.2, 0) is 19.1 Å². The fraction of sp³-hybridized carbons (Fsp3) is 0.385. The van der Waals surface area contributed by atoms with Crippen molar-refractivity contribution in [2.75, 3.05) is 0 Å². The second-order valence-electron chi connectivity index (χ2n) is 4.35. The van der Waals surface area contributed by atoms with Crippen LogP contribution < -0.4 is 0 Å². The summed E-state index contributed by atoms with van der Waals surface area (Å²) < 4.78 is 10.3. The molecule has 0 amide bonds. The number of hydrogen-bond acceptors (Lipinski definition) is 4. The van der Waals surface area contributed by atoms with Crippen LogP contribution in [-0.4, -0.2) is 18.0 Å². The maximum absolute atomic E-state index is 11.2. The topological polar surface area (TPSA) is 52.6 Å². The number of cyclic esters (lactones) is 2. The van der Waals surface area contributed by atoms with Crippen LogP contribution in [0.5, 0.6) is 0 Å². The Kier molecular flexibility index (Phi) is 3.13. The first kappa shape index (κ1) is 11.6. The number of benzene rings is 1. The SMILES string of the molecule is CC(C)[C@@H]1OC(=O)C(=O)O[C@H]1c1ccccc1. The fourth-order valence-corrected chi connectivity index (χ4v) is 1.85. The molecule has 1 aliphatic heterocycles. The summed E-state index contributed by atoms with van der Waals surface area (Å²) in [6.45, 7) is 3.85. The van der Waals surface area contributed by atoms with Gasteiger partial charge in [-0.3, -0.25) is 0 Å². The van der Waals surface area contributed by atoms with E-state index in [-0.39, 0.29) is 5.92 Å². The van der Waals surface area contributed by atoms with Crippen LogP contribution in [0.1, 0.15) is 25.5 Å². The van der Waals surface area contributed by atoms with Crippen LogP contribution in [0.15, 0.2) is 30.3 Å². The van der Waals surface area contributed by atoms with Gasteiger partial charge < -0.3 is 9.47 Å². The predicted octanol–water partition coefficient (Wildman–Crippen LogP) is 1.85. The molecular weight excluding hydrogens is 220 g/mol. The molecule has 1 heterocycles. The zero-order chi connectivity index (χ0) is 12.4. The molecule has 4 nitrogen and oxygen atoms in total. The molecule has 0 unspecified atom stereocenters. The molecule has 4 heteroatoms. The van der Waals surface area contributed by atoms with Crippen molar-refractivity contribution in [2.45, 2.75) is 26.1 Å². The summed E-state index contributed by atoms with van der Waals surface area (Å²) in [6.07, 6.45) is -0.941. The van der Waals surface area contributed by atoms with E-state index >= 15 is 0 Å². The second-order valence-corrected chi connectivity index (χ2v) is 4.35. The van der Waals surface area contributed by atoms with Crippen LogP contribution in [0, 0.1) is 5.92 Å². The Morgan fingerprint density at radius 1 is 1.00 bits per heavy atom. The first-order valence-corrected chi connectivity index (χ1v) is 5.56. The lowest BCUT2D eigenvalue weighted by atomic mass is 9.95. The third-order valence-electron chi connectivity index (χ3n) is 2.73. The minimum Gasteiger partial charge on any atom is -0.449 e. The van der Waals surface area contributed by atoms with Crippen molar-refractivity contribution in [2.24, 2.45) is 5.92 Å². The highest BCUT2D eigenvalue weighted by atomic mass is 16.6. The van der Waals surface area contributed by atoms with Gasteiger partial charge in [0.2, 0.25) is 0 Å². The molecule has 1 aromatic carbocycles. The maximum atomic E-state index is 11.2. The van der Waals surface area contributed by atoms with Gasteiger partial charge in [-0.1, -0.05) is 44.2 Å². The van der Waals surface area contributed by atoms with Gasteiger partial charge in [-0.2, -0.15) is 0 Å². The Balaban J connectivity index is 2.29. The quantitative estimate of drug-likeness (QED) is 0.579. The zero-order valence-corrected chi connectivity index (χ0v) is 9.75. The minimum absolute atomic E-state index is 0.0808. The first-order chi connectivity index (χ1) is 8.09. The number of carbonyl (C=O) groups excluding carboxylic acids is 2. The van der Waals surface area contributed by atoms with Crippen LogP contribution in [0.4, 0.5) is 0 Å². The van der Waals surface area contributed by atoms with Gasteiger partial charge in [-0.05, 0) is 11.5 Å². The summed E-state index contributed by atoms with van der Waals surface area (Å²) in [5.41, 5.74) is 0.840. The average Bonchev–Trinajstić information content (AvgIpc) is 2.33. The molecule has 2 rings (SSSR count). The van der Waals surface area contributed by atoms with E-state index in [1.807, 2.05) is 44.2 Å². The predicted molar refractivity (Wildman–Crippen MR) is 60.0 cm³/mol. The van der Waals surface area contributed by atoms with Crippen molar-refractivity contribution in [1.29, 1.82) is 0 Å². The first-order valence-electron chi connectivity index (χ1n) is 5.56. The van der Waals surface area contributed by atoms with E-state index in [0.29, 0.717) is 0 Å². The Morgan fingerprint density at radius 3 is 2.18 bits per heavy atom. The molecule has 17 heavy (non-hydrogen) atoms. The van der Waals surface area contributed by atoms with Gasteiger partial charge >= 0.3 is 11.9 Å². The van der Waals surface area contributed by atoms with E-state index in [1.54, 1.807) is 0 Å². The van der Waals surface area contributed by atoms with E-state index in [2.05, 4.69) is 0 Å². The molecule has 0 aromatic heterocycles. The van der Waals surface area contributed by atoms with Crippen LogP contribution in [0.3, 0.4) is 0 Å². The average molecular weight is 234 g/mol. The molecule has 1 aliphatic rings. The van der Waals surface area contributed by atoms with Gasteiger partial charge in [0.25, 0.3) is 0 Å². The van der Waals surface area contributed by atoms with Crippen molar-refractivity contribution in [3.05, 3.63) is 35.9 Å². The summed E-state index contributed by atoms with van der Waals surface area (Å²) in [7, 11) is 0. The molecule has 0 spiro atoms. The van der Waals surface area contributed by atoms with Crippen LogP contribution in [0.25, 0.3) is 0 Å². The summed E-state index contributed by atoms with van der Waals surface area (Å²) >= 11 is 0. The Bertz CT molecular complexity index is 424. The summed E-state index contributed by atoms with van der Waals surface area (Å²) in [5, 5.41) is 0. The lowest BCUT2D eigenvalue weighted by Crippen LogP contribution is -2.42. The molecule has 0 radical (unpaired) electrons. The molecular formula is C13H14O4. The normalized spacial score (nSPS) is 24.4. The Morgan fingerprint density at radius 2 is 1.59 bits per heavy atom. The van der Waals surface area contributed by atoms with Crippen LogP contribution >= 0.6 is 0 Å². The van der Waals surface area contributed by atoms with E-state index in [1.165, 1.54) is 0 Å². The van der Waals surface area contributed by atoms with Crippen LogP contribution in [0.2, 0.25) is 0 Å². The second kappa shape index (κ2) is 4.57. The van der Waals surface area contributed by atoms with Gasteiger partial charge in [-0.15, -0.1) is 0 Å². The zero-order valence-electron chi connectivity index (χ0n) is 9.75. The highest BCUT2D eigenvalue weighted by molar-refractivity contribution is 6.30. The van der Waals surface area contributed by atoms with Gasteiger partial charge in [-0.25, -0.2) is 9.59 Å². The van der Waals surface area contributed by atoms with E-state index < -0.39 is 24.1 Å². The van der Waals surface area contributed by atoms with Crippen molar-refractivity contribution in [1.82, 2.24) is 0 Å². The molecule has 1 saturated heterocycles. The largest absolute Gasteiger partial charge is 0.449 e. The van der Waals surface area contributed by atoms with Crippen molar-refractivity contribution in [3.63, 3.8) is 0 Å². The number of rotatable bonds is 2. The highest BCUT2D eigenvalue weighted by Crippen LogP contribution is 2.31. The number of hydrogen-bond donors (Lipinski definition) is 0. The maximum Gasteiger partial charge on any atom is 0.418 e. The molecule has 2 atom stereocenters. The molecule has 0 aliphatic carbocycles. The van der Waals surface area contributed by atoms with E-state index in [9.17, 15) is 9.59 Å². The van der Waals surface area contributed by atoms with Crippen molar-refractivity contribution in [3.8, 4) is 0 Å². The van der Waals surface area contributed by atoms with Gasteiger partial charge in [0.1, 0.15) is 6.10 Å². The standard InChI is InChI=1S/C13H14O4/c1-8(2)10-11(9-6-4-3-5-7-9)17-13(15)12(14)16-10/h3-8,10-11H,1-2H3/t10-,11-/m0/s1. The fourth-order valence-electron chi connectivity index (χ4n) is 1.85. The number of ether oxygens (including phenoxy) is 2. The summed E-state index contributed by atoms with van der Waals surface area (Å²) in [6, 6.07) is 9.30. The minimum atomic E-state index is -0.921. The lowest BCUT2D eigenvalue weighted by molar-refractivity contribution is -0.199. The molecule has 0 bridgehead atoms.